The van der Waals surface area contributed by atoms with Gasteiger partial charge in [0.05, 0.1) is 6.61 Å². The van der Waals surface area contributed by atoms with Gasteiger partial charge in [-0.25, -0.2) is 4.98 Å². The van der Waals surface area contributed by atoms with Gasteiger partial charge in [0.25, 0.3) is 5.91 Å². The zero-order valence-corrected chi connectivity index (χ0v) is 14.8. The Morgan fingerprint density at radius 2 is 2.08 bits per heavy atom. The Morgan fingerprint density at radius 1 is 1.31 bits per heavy atom. The monoisotopic (exact) mass is 356 g/mol. The van der Waals surface area contributed by atoms with Crippen LogP contribution in [0, 0.1) is 5.92 Å². The molecule has 0 spiro atoms. The van der Waals surface area contributed by atoms with E-state index >= 15 is 0 Å². The van der Waals surface area contributed by atoms with E-state index in [9.17, 15) is 4.79 Å². The second-order valence-electron chi connectivity index (χ2n) is 5.94. The van der Waals surface area contributed by atoms with Crippen molar-refractivity contribution in [2.75, 3.05) is 6.61 Å². The maximum absolute atomic E-state index is 12.6. The minimum absolute atomic E-state index is 0.0460. The van der Waals surface area contributed by atoms with Crippen LogP contribution in [0.1, 0.15) is 43.1 Å². The molecule has 0 radical (unpaired) electrons. The van der Waals surface area contributed by atoms with Gasteiger partial charge in [-0.1, -0.05) is 19.0 Å². The lowest BCUT2D eigenvalue weighted by Gasteiger charge is -2.18. The molecule has 0 aliphatic rings. The van der Waals surface area contributed by atoms with Crippen LogP contribution >= 0.6 is 0 Å². The molecule has 0 saturated carbocycles. The number of benzene rings is 1. The fourth-order valence-electron chi connectivity index (χ4n) is 2.38. The van der Waals surface area contributed by atoms with Gasteiger partial charge < -0.3 is 14.6 Å². The molecule has 9 nitrogen and oxygen atoms in total. The second-order valence-corrected chi connectivity index (χ2v) is 5.94. The molecule has 1 amide bonds. The normalized spacial score (nSPS) is 12.2. The van der Waals surface area contributed by atoms with Gasteiger partial charge in [0, 0.05) is 5.56 Å². The van der Waals surface area contributed by atoms with Crippen molar-refractivity contribution < 1.29 is 14.1 Å². The highest BCUT2D eigenvalue weighted by Gasteiger charge is 2.26. The Kier molecular flexibility index (Phi) is 5.26. The Morgan fingerprint density at radius 3 is 2.69 bits per heavy atom. The highest BCUT2D eigenvalue weighted by molar-refractivity contribution is 5.94. The predicted octanol–water partition coefficient (Wildman–Crippen LogP) is 2.38. The summed E-state index contributed by atoms with van der Waals surface area (Å²) in [7, 11) is 0. The van der Waals surface area contributed by atoms with Crippen LogP contribution in [0.5, 0.6) is 5.75 Å². The Bertz CT molecular complexity index is 842. The van der Waals surface area contributed by atoms with E-state index in [2.05, 4.69) is 30.6 Å². The number of hydrogen-bond acceptors (Lipinski definition) is 7. The summed E-state index contributed by atoms with van der Waals surface area (Å²) in [6.45, 7) is 6.40. The molecule has 2 aromatic heterocycles. The molecule has 0 saturated heterocycles. The van der Waals surface area contributed by atoms with Crippen LogP contribution in [0.3, 0.4) is 0 Å². The number of H-pyrrole nitrogens is 1. The van der Waals surface area contributed by atoms with Crippen molar-refractivity contribution in [3.63, 3.8) is 0 Å². The molecule has 0 fully saturated rings. The molecular weight excluding hydrogens is 336 g/mol. The number of hydrogen-bond donors (Lipinski definition) is 2. The molecule has 1 aromatic carbocycles. The minimum atomic E-state index is -0.432. The number of nitrogens with one attached hydrogen (secondary N) is 2. The number of aromatic nitrogens is 5. The van der Waals surface area contributed by atoms with Gasteiger partial charge in [-0.15, -0.1) is 0 Å². The lowest BCUT2D eigenvalue weighted by atomic mass is 10.0. The summed E-state index contributed by atoms with van der Waals surface area (Å²) in [5.41, 5.74) is 0.522. The van der Waals surface area contributed by atoms with Gasteiger partial charge in [0.15, 0.2) is 5.82 Å². The van der Waals surface area contributed by atoms with Crippen LogP contribution in [0.25, 0.3) is 11.6 Å². The molecule has 3 rings (SSSR count). The molecule has 0 aliphatic carbocycles. The van der Waals surface area contributed by atoms with Crippen LogP contribution in [0.2, 0.25) is 0 Å². The van der Waals surface area contributed by atoms with Crippen LogP contribution in [-0.2, 0) is 0 Å². The summed E-state index contributed by atoms with van der Waals surface area (Å²) in [6, 6.07) is 6.52. The van der Waals surface area contributed by atoms with Crippen molar-refractivity contribution in [2.45, 2.75) is 26.8 Å². The quantitative estimate of drug-likeness (QED) is 0.667. The average Bonchev–Trinajstić information content (AvgIpc) is 3.31. The highest BCUT2D eigenvalue weighted by Crippen LogP contribution is 2.23. The second kappa shape index (κ2) is 7.77. The van der Waals surface area contributed by atoms with Crippen LogP contribution in [-0.4, -0.2) is 37.8 Å². The maximum atomic E-state index is 12.6. The van der Waals surface area contributed by atoms with E-state index in [4.69, 9.17) is 9.26 Å². The largest absolute Gasteiger partial charge is 0.494 e. The lowest BCUT2D eigenvalue weighted by Crippen LogP contribution is -2.32. The first-order valence-electron chi connectivity index (χ1n) is 8.31. The van der Waals surface area contributed by atoms with E-state index in [-0.39, 0.29) is 11.8 Å². The van der Waals surface area contributed by atoms with Crippen molar-refractivity contribution in [1.82, 2.24) is 30.6 Å². The number of rotatable bonds is 7. The minimum Gasteiger partial charge on any atom is -0.494 e. The summed E-state index contributed by atoms with van der Waals surface area (Å²) in [5, 5.41) is 13.3. The van der Waals surface area contributed by atoms with Crippen molar-refractivity contribution in [1.29, 1.82) is 0 Å². The third-order valence-corrected chi connectivity index (χ3v) is 3.72. The SMILES string of the molecule is CCOc1ccc(C(=O)N[C@H](c2nc(-c3ncn[nH]3)no2)C(C)C)cc1. The maximum Gasteiger partial charge on any atom is 0.251 e. The molecule has 3 aromatic rings. The van der Waals surface area contributed by atoms with E-state index in [1.807, 2.05) is 20.8 Å². The van der Waals surface area contributed by atoms with Crippen molar-refractivity contribution in [3.8, 4) is 17.4 Å². The first-order chi connectivity index (χ1) is 12.6. The molecule has 0 aliphatic heterocycles. The highest BCUT2D eigenvalue weighted by atomic mass is 16.5. The first kappa shape index (κ1) is 17.6. The number of carbonyl (C=O) groups excluding carboxylic acids is 1. The average molecular weight is 356 g/mol. The summed E-state index contributed by atoms with van der Waals surface area (Å²) in [5.74, 6) is 1.54. The third kappa shape index (κ3) is 3.88. The third-order valence-electron chi connectivity index (χ3n) is 3.72. The van der Waals surface area contributed by atoms with Gasteiger partial charge in [-0.2, -0.15) is 10.1 Å². The topological polar surface area (TPSA) is 119 Å². The van der Waals surface area contributed by atoms with E-state index < -0.39 is 6.04 Å². The van der Waals surface area contributed by atoms with Gasteiger partial charge in [-0.3, -0.25) is 9.89 Å². The van der Waals surface area contributed by atoms with E-state index in [0.717, 1.165) is 5.75 Å². The number of amides is 1. The van der Waals surface area contributed by atoms with Crippen molar-refractivity contribution in [3.05, 3.63) is 42.0 Å². The standard InChI is InChI=1S/C17H20N6O3/c1-4-25-12-7-5-11(6-8-12)16(24)20-13(10(2)3)17-21-15(23-26-17)14-18-9-19-22-14/h5-10,13H,4H2,1-3H3,(H,20,24)(H,18,19,22)/t13-/m0/s1. The molecule has 136 valence electrons. The van der Waals surface area contributed by atoms with Gasteiger partial charge in [0.1, 0.15) is 18.1 Å². The zero-order valence-electron chi connectivity index (χ0n) is 14.8. The lowest BCUT2D eigenvalue weighted by molar-refractivity contribution is 0.0914. The van der Waals surface area contributed by atoms with E-state index in [1.165, 1.54) is 6.33 Å². The Labute approximate surface area is 150 Å². The number of nitrogens with zero attached hydrogens (tertiary/aromatic N) is 4. The van der Waals surface area contributed by atoms with Crippen LogP contribution < -0.4 is 10.1 Å². The molecular formula is C17H20N6O3. The number of aromatic amines is 1. The molecule has 26 heavy (non-hydrogen) atoms. The van der Waals surface area contributed by atoms with Gasteiger partial charge in [0.2, 0.25) is 11.7 Å². The fourth-order valence-corrected chi connectivity index (χ4v) is 2.38. The van der Waals surface area contributed by atoms with Crippen molar-refractivity contribution >= 4 is 5.91 Å². The summed E-state index contributed by atoms with van der Waals surface area (Å²) in [4.78, 5) is 20.9. The molecule has 0 bridgehead atoms. The first-order valence-corrected chi connectivity index (χ1v) is 8.31. The summed E-state index contributed by atoms with van der Waals surface area (Å²) < 4.78 is 10.7. The number of carbonyl (C=O) groups is 1. The van der Waals surface area contributed by atoms with Gasteiger partial charge >= 0.3 is 0 Å². The predicted molar refractivity (Wildman–Crippen MR) is 92.3 cm³/mol. The van der Waals surface area contributed by atoms with E-state index in [0.29, 0.717) is 29.7 Å². The van der Waals surface area contributed by atoms with Gasteiger partial charge in [-0.05, 0) is 37.1 Å². The van der Waals surface area contributed by atoms with Crippen molar-refractivity contribution in [2.24, 2.45) is 5.92 Å². The summed E-state index contributed by atoms with van der Waals surface area (Å²) >= 11 is 0. The summed E-state index contributed by atoms with van der Waals surface area (Å²) in [6.07, 6.45) is 1.36. The van der Waals surface area contributed by atoms with Crippen LogP contribution in [0.4, 0.5) is 0 Å². The van der Waals surface area contributed by atoms with Crippen LogP contribution in [0.15, 0.2) is 35.1 Å². The van der Waals surface area contributed by atoms with E-state index in [1.54, 1.807) is 24.3 Å². The molecule has 2 heterocycles. The molecule has 0 unspecified atom stereocenters. The molecule has 1 atom stereocenters. The molecule has 2 N–H and O–H groups in total. The fraction of sp³-hybridized carbons (Fsp3) is 0.353. The smallest absolute Gasteiger partial charge is 0.251 e. The Hall–Kier alpha value is -3.23. The zero-order chi connectivity index (χ0) is 18.5. The Balaban J connectivity index is 1.75. The molecule has 9 heteroatoms. The number of ether oxygens (including phenoxy) is 1.